The molecule has 1 aliphatic rings. The van der Waals surface area contributed by atoms with Gasteiger partial charge in [0.25, 0.3) is 0 Å². The number of hydrazone groups is 1. The van der Waals surface area contributed by atoms with Crippen LogP contribution in [0.1, 0.15) is 30.9 Å². The number of hydrogen-bond donors (Lipinski definition) is 2. The highest BCUT2D eigenvalue weighted by Crippen LogP contribution is 2.16. The fourth-order valence-electron chi connectivity index (χ4n) is 1.99. The summed E-state index contributed by atoms with van der Waals surface area (Å²) in [5.41, 5.74) is 8.73. The molecular weight excluding hydrogens is 254 g/mol. The smallest absolute Gasteiger partial charge is 0.191 e. The zero-order chi connectivity index (χ0) is 13.8. The van der Waals surface area contributed by atoms with Gasteiger partial charge in [-0.15, -0.1) is 0 Å². The highest BCUT2D eigenvalue weighted by molar-refractivity contribution is 7.80. The Kier molecular flexibility index (Phi) is 4.32. The summed E-state index contributed by atoms with van der Waals surface area (Å²) < 4.78 is 0. The molecule has 1 aliphatic carbocycles. The Morgan fingerprint density at radius 2 is 2.00 bits per heavy atom. The molecule has 0 saturated heterocycles. The molecule has 0 heterocycles. The second kappa shape index (κ2) is 5.97. The molecule has 2 rings (SSSR count). The van der Waals surface area contributed by atoms with Gasteiger partial charge in [-0.2, -0.15) is 5.10 Å². The maximum Gasteiger partial charge on any atom is 0.191 e. The van der Waals surface area contributed by atoms with E-state index in [1.807, 2.05) is 0 Å². The SMILES string of the molecule is CC1=C/C(=N/NC(=S)Nc2cc(C)ccc2C)CC1. The van der Waals surface area contributed by atoms with Gasteiger partial charge in [-0.25, -0.2) is 0 Å². The average Bonchev–Trinajstić information content (AvgIpc) is 2.77. The lowest BCUT2D eigenvalue weighted by Gasteiger charge is -2.11. The van der Waals surface area contributed by atoms with Crippen LogP contribution >= 0.6 is 12.2 Å². The Labute approximate surface area is 119 Å². The first-order valence-electron chi connectivity index (χ1n) is 6.42. The maximum atomic E-state index is 5.25. The molecule has 4 heteroatoms. The van der Waals surface area contributed by atoms with Crippen molar-refractivity contribution in [1.29, 1.82) is 0 Å². The Hall–Kier alpha value is -1.68. The van der Waals surface area contributed by atoms with Gasteiger partial charge in [0.2, 0.25) is 0 Å². The summed E-state index contributed by atoms with van der Waals surface area (Å²) in [5, 5.41) is 8.01. The molecule has 0 saturated carbocycles. The van der Waals surface area contributed by atoms with Crippen molar-refractivity contribution in [2.24, 2.45) is 5.10 Å². The molecule has 3 nitrogen and oxygen atoms in total. The van der Waals surface area contributed by atoms with E-state index in [1.165, 1.54) is 16.7 Å². The maximum absolute atomic E-state index is 5.25. The van der Waals surface area contributed by atoms with Gasteiger partial charge < -0.3 is 5.32 Å². The number of nitrogens with zero attached hydrogens (tertiary/aromatic N) is 1. The molecular formula is C15H19N3S. The average molecular weight is 273 g/mol. The number of hydrogen-bond acceptors (Lipinski definition) is 2. The summed E-state index contributed by atoms with van der Waals surface area (Å²) in [6, 6.07) is 6.24. The van der Waals surface area contributed by atoms with E-state index in [2.05, 4.69) is 60.9 Å². The standard InChI is InChI=1S/C15H19N3S/c1-10-5-7-13(8-10)17-18-15(19)16-14-9-11(2)4-6-12(14)3/h4,6,8-9H,5,7H2,1-3H3,(H2,16,18,19)/b17-13+. The Balaban J connectivity index is 1.96. The van der Waals surface area contributed by atoms with Crippen molar-refractivity contribution >= 4 is 28.7 Å². The van der Waals surface area contributed by atoms with E-state index in [4.69, 9.17) is 12.2 Å². The van der Waals surface area contributed by atoms with Crippen molar-refractivity contribution < 1.29 is 0 Å². The molecule has 0 fully saturated rings. The van der Waals surface area contributed by atoms with Gasteiger partial charge >= 0.3 is 0 Å². The molecule has 0 radical (unpaired) electrons. The first-order chi connectivity index (χ1) is 9.04. The van der Waals surface area contributed by atoms with Crippen LogP contribution in [-0.4, -0.2) is 10.8 Å². The summed E-state index contributed by atoms with van der Waals surface area (Å²) in [6.07, 6.45) is 4.19. The van der Waals surface area contributed by atoms with Crippen LogP contribution in [0.4, 0.5) is 5.69 Å². The summed E-state index contributed by atoms with van der Waals surface area (Å²) in [6.45, 7) is 6.24. The topological polar surface area (TPSA) is 36.4 Å². The molecule has 0 spiro atoms. The molecule has 0 amide bonds. The number of benzene rings is 1. The predicted molar refractivity (Wildman–Crippen MR) is 85.7 cm³/mol. The molecule has 19 heavy (non-hydrogen) atoms. The third-order valence-electron chi connectivity index (χ3n) is 3.13. The number of aryl methyl sites for hydroxylation is 2. The van der Waals surface area contributed by atoms with Gasteiger partial charge in [0.15, 0.2) is 5.11 Å². The second-order valence-corrected chi connectivity index (χ2v) is 5.39. The minimum absolute atomic E-state index is 0.527. The second-order valence-electron chi connectivity index (χ2n) is 4.98. The van der Waals surface area contributed by atoms with Crippen molar-refractivity contribution in [2.75, 3.05) is 5.32 Å². The van der Waals surface area contributed by atoms with E-state index < -0.39 is 0 Å². The third-order valence-corrected chi connectivity index (χ3v) is 3.32. The van der Waals surface area contributed by atoms with E-state index in [-0.39, 0.29) is 0 Å². The van der Waals surface area contributed by atoms with Crippen LogP contribution < -0.4 is 10.7 Å². The lowest BCUT2D eigenvalue weighted by Crippen LogP contribution is -2.25. The molecule has 1 aromatic carbocycles. The number of nitrogens with one attached hydrogen (secondary N) is 2. The third kappa shape index (κ3) is 3.89. The van der Waals surface area contributed by atoms with Crippen molar-refractivity contribution in [2.45, 2.75) is 33.6 Å². The van der Waals surface area contributed by atoms with Gasteiger partial charge in [0.05, 0.1) is 5.71 Å². The Bertz CT molecular complexity index is 559. The van der Waals surface area contributed by atoms with Crippen molar-refractivity contribution in [1.82, 2.24) is 5.43 Å². The van der Waals surface area contributed by atoms with Crippen LogP contribution in [-0.2, 0) is 0 Å². The highest BCUT2D eigenvalue weighted by Gasteiger charge is 2.07. The number of rotatable bonds is 2. The van der Waals surface area contributed by atoms with Gasteiger partial charge in [-0.1, -0.05) is 17.7 Å². The van der Waals surface area contributed by atoms with E-state index >= 15 is 0 Å². The van der Waals surface area contributed by atoms with Gasteiger partial charge in [-0.3, -0.25) is 5.43 Å². The molecule has 0 unspecified atom stereocenters. The minimum atomic E-state index is 0.527. The zero-order valence-electron chi connectivity index (χ0n) is 11.6. The quantitative estimate of drug-likeness (QED) is 0.637. The van der Waals surface area contributed by atoms with Crippen LogP contribution in [0.5, 0.6) is 0 Å². The highest BCUT2D eigenvalue weighted by atomic mass is 32.1. The molecule has 0 bridgehead atoms. The fraction of sp³-hybridized carbons (Fsp3) is 0.333. The first-order valence-corrected chi connectivity index (χ1v) is 6.83. The van der Waals surface area contributed by atoms with Gasteiger partial charge in [0.1, 0.15) is 0 Å². The van der Waals surface area contributed by atoms with Crippen LogP contribution in [0.25, 0.3) is 0 Å². The minimum Gasteiger partial charge on any atom is -0.331 e. The lowest BCUT2D eigenvalue weighted by atomic mass is 10.1. The lowest BCUT2D eigenvalue weighted by molar-refractivity contribution is 1.00. The predicted octanol–water partition coefficient (Wildman–Crippen LogP) is 3.69. The van der Waals surface area contributed by atoms with Crippen LogP contribution in [0.15, 0.2) is 34.9 Å². The Morgan fingerprint density at radius 1 is 1.21 bits per heavy atom. The molecule has 0 atom stereocenters. The molecule has 2 N–H and O–H groups in total. The largest absolute Gasteiger partial charge is 0.331 e. The molecule has 1 aromatic rings. The van der Waals surface area contributed by atoms with Crippen molar-refractivity contribution in [3.05, 3.63) is 41.0 Å². The molecule has 0 aliphatic heterocycles. The monoisotopic (exact) mass is 273 g/mol. The molecule has 0 aromatic heterocycles. The van der Waals surface area contributed by atoms with E-state index in [9.17, 15) is 0 Å². The normalized spacial score (nSPS) is 16.4. The summed E-state index contributed by atoms with van der Waals surface area (Å²) in [5.74, 6) is 0. The molecule has 100 valence electrons. The summed E-state index contributed by atoms with van der Waals surface area (Å²) >= 11 is 5.25. The van der Waals surface area contributed by atoms with Crippen LogP contribution in [0, 0.1) is 13.8 Å². The van der Waals surface area contributed by atoms with E-state index in [1.54, 1.807) is 0 Å². The van der Waals surface area contributed by atoms with E-state index in [0.29, 0.717) is 5.11 Å². The number of thiocarbonyl (C=S) groups is 1. The fourth-order valence-corrected chi connectivity index (χ4v) is 2.14. The van der Waals surface area contributed by atoms with Crippen molar-refractivity contribution in [3.63, 3.8) is 0 Å². The van der Waals surface area contributed by atoms with Crippen molar-refractivity contribution in [3.8, 4) is 0 Å². The summed E-state index contributed by atoms with van der Waals surface area (Å²) in [4.78, 5) is 0. The Morgan fingerprint density at radius 3 is 2.68 bits per heavy atom. The van der Waals surface area contributed by atoms with Gasteiger partial charge in [-0.05, 0) is 69.1 Å². The summed E-state index contributed by atoms with van der Waals surface area (Å²) in [7, 11) is 0. The van der Waals surface area contributed by atoms with Crippen LogP contribution in [0.3, 0.4) is 0 Å². The number of allylic oxidation sites excluding steroid dienone is 2. The number of anilines is 1. The zero-order valence-corrected chi connectivity index (χ0v) is 12.4. The van der Waals surface area contributed by atoms with Crippen LogP contribution in [0.2, 0.25) is 0 Å². The first kappa shape index (κ1) is 13.7. The van der Waals surface area contributed by atoms with E-state index in [0.717, 1.165) is 24.2 Å². The van der Waals surface area contributed by atoms with Gasteiger partial charge in [0, 0.05) is 5.69 Å².